The third-order valence-electron chi connectivity index (χ3n) is 19.2. The molecule has 3 aliphatic rings. The minimum Gasteiger partial charge on any atom is -0.278 e. The van der Waals surface area contributed by atoms with Gasteiger partial charge in [-0.05, 0) is 98.1 Å². The molecule has 418 valence electrons. The van der Waals surface area contributed by atoms with Crippen LogP contribution in [0.5, 0.6) is 0 Å². The number of aromatic nitrogens is 4. The maximum Gasteiger partial charge on any atom is 0.238 e. The smallest absolute Gasteiger partial charge is 0.238 e. The summed E-state index contributed by atoms with van der Waals surface area (Å²) in [6, 6.07) is 126. The van der Waals surface area contributed by atoms with Crippen molar-refractivity contribution in [1.29, 1.82) is 0 Å². The summed E-state index contributed by atoms with van der Waals surface area (Å²) in [5.41, 5.74) is 14.4. The Labute approximate surface area is 520 Å². The lowest BCUT2D eigenvalue weighted by Crippen LogP contribution is -2.75. The van der Waals surface area contributed by atoms with Gasteiger partial charge in [-0.25, -0.2) is 4.98 Å². The molecule has 0 saturated heterocycles. The fourth-order valence-corrected chi connectivity index (χ4v) is 25.6. The molecule has 2 aromatic heterocycles. The van der Waals surface area contributed by atoms with Crippen molar-refractivity contribution in [3.8, 4) is 39.9 Å². The van der Waals surface area contributed by atoms with E-state index in [2.05, 4.69) is 344 Å². The zero-order valence-electron chi connectivity index (χ0n) is 48.8. The topological polar surface area (TPSA) is 43.6 Å². The van der Waals surface area contributed by atoms with Gasteiger partial charge in [0.2, 0.25) is 5.95 Å². The number of rotatable bonds is 12. The summed E-state index contributed by atoms with van der Waals surface area (Å²) in [6.07, 6.45) is 0. The molecule has 2 unspecified atom stereocenters. The quantitative estimate of drug-likeness (QED) is 0.0904. The lowest BCUT2D eigenvalue weighted by atomic mass is 9.60. The van der Waals surface area contributed by atoms with Gasteiger partial charge in [0, 0.05) is 33.7 Å². The third kappa shape index (κ3) is 8.14. The number of hydrogen-bond acceptors (Lipinski definition) is 3. The average Bonchev–Trinajstić information content (AvgIpc) is 1.48. The van der Waals surface area contributed by atoms with Gasteiger partial charge in [0.05, 0.1) is 11.0 Å². The van der Waals surface area contributed by atoms with Gasteiger partial charge < -0.3 is 0 Å². The van der Waals surface area contributed by atoms with Crippen molar-refractivity contribution in [1.82, 2.24) is 19.5 Å². The van der Waals surface area contributed by atoms with Crippen LogP contribution in [0.2, 0.25) is 0 Å². The van der Waals surface area contributed by atoms with E-state index in [4.69, 9.17) is 15.0 Å². The molecule has 0 radical (unpaired) electrons. The van der Waals surface area contributed by atoms with Crippen LogP contribution in [0.1, 0.15) is 45.2 Å². The van der Waals surface area contributed by atoms with Crippen LogP contribution in [0.25, 0.3) is 61.7 Å². The highest BCUT2D eigenvalue weighted by Crippen LogP contribution is 2.57. The van der Waals surface area contributed by atoms with Crippen LogP contribution in [-0.4, -0.2) is 35.7 Å². The Bertz CT molecular complexity index is 4940. The standard InChI is InChI=1S/C83H58N4Si2/c1-7-29-57(30-8-1)58-53-55-64(56-54-58)89(62-37-15-5-16-38-62,63-39-17-6-18-40-63)76-52-28-47-71-77-67-43-19-20-44-68(67)80(79(71)76)78-70(77)46-27-48-72(78)82-84-81(85-83(86-82)87-73-49-24-21-41-65(73)66-42-22-25-50-74(66)87)69-45-23-26-51-75(69)88(59-31-9-2-10-32-59,60-33-11-3-12-34-60)61-35-13-4-14-36-61/h1-56,77,80H. The predicted octanol–water partition coefficient (Wildman–Crippen LogP) is 13.7. The highest BCUT2D eigenvalue weighted by atomic mass is 28.3. The van der Waals surface area contributed by atoms with Crippen LogP contribution in [-0.2, 0) is 0 Å². The number of fused-ring (bicyclic) bond motifs is 3. The van der Waals surface area contributed by atoms with Gasteiger partial charge in [0.25, 0.3) is 0 Å². The fourth-order valence-electron chi connectivity index (χ4n) is 15.6. The second kappa shape index (κ2) is 21.5. The Morgan fingerprint density at radius 3 is 1.15 bits per heavy atom. The van der Waals surface area contributed by atoms with Crippen molar-refractivity contribution >= 4 is 79.4 Å². The molecule has 15 aromatic rings. The first-order valence-electron chi connectivity index (χ1n) is 30.8. The van der Waals surface area contributed by atoms with E-state index >= 15 is 0 Å². The van der Waals surface area contributed by atoms with Crippen LogP contribution in [0.3, 0.4) is 0 Å². The second-order valence-electron chi connectivity index (χ2n) is 23.6. The zero-order chi connectivity index (χ0) is 58.9. The first-order chi connectivity index (χ1) is 44.2. The maximum atomic E-state index is 5.95. The van der Waals surface area contributed by atoms with E-state index in [-0.39, 0.29) is 11.8 Å². The number of hydrogen-bond donors (Lipinski definition) is 0. The van der Waals surface area contributed by atoms with Gasteiger partial charge in [-0.15, -0.1) is 0 Å². The fraction of sp³-hybridized carbons (Fsp3) is 0.0241. The Hall–Kier alpha value is -10.9. The van der Waals surface area contributed by atoms with E-state index in [1.807, 2.05) is 0 Å². The van der Waals surface area contributed by atoms with Crippen molar-refractivity contribution in [2.75, 3.05) is 0 Å². The molecule has 4 nitrogen and oxygen atoms in total. The van der Waals surface area contributed by atoms with Crippen LogP contribution < -0.4 is 41.5 Å². The van der Waals surface area contributed by atoms with Crippen LogP contribution >= 0.6 is 0 Å². The summed E-state index contributed by atoms with van der Waals surface area (Å²) < 4.78 is 2.27. The largest absolute Gasteiger partial charge is 0.278 e. The van der Waals surface area contributed by atoms with E-state index < -0.39 is 16.1 Å². The summed E-state index contributed by atoms with van der Waals surface area (Å²) >= 11 is 0. The molecule has 2 bridgehead atoms. The number of benzene rings is 13. The van der Waals surface area contributed by atoms with Gasteiger partial charge in [0.15, 0.2) is 27.8 Å². The average molecular weight is 1170 g/mol. The molecule has 0 saturated carbocycles. The Balaban J connectivity index is 0.956. The van der Waals surface area contributed by atoms with Crippen molar-refractivity contribution < 1.29 is 0 Å². The highest BCUT2D eigenvalue weighted by molar-refractivity contribution is 7.21. The summed E-state index contributed by atoms with van der Waals surface area (Å²) in [5, 5.41) is 12.7. The Kier molecular flexibility index (Phi) is 12.7. The van der Waals surface area contributed by atoms with Gasteiger partial charge >= 0.3 is 0 Å². The van der Waals surface area contributed by atoms with Gasteiger partial charge in [-0.2, -0.15) is 9.97 Å². The van der Waals surface area contributed by atoms with E-state index in [1.165, 1.54) is 86.0 Å². The minimum absolute atomic E-state index is 0.0483. The van der Waals surface area contributed by atoms with Crippen LogP contribution in [0, 0.1) is 0 Å². The van der Waals surface area contributed by atoms with E-state index in [0.29, 0.717) is 17.6 Å². The molecule has 0 fully saturated rings. The van der Waals surface area contributed by atoms with Gasteiger partial charge in [-0.3, -0.25) is 4.57 Å². The molecule has 0 aliphatic heterocycles. The van der Waals surface area contributed by atoms with Crippen molar-refractivity contribution in [3.05, 3.63) is 373 Å². The molecule has 0 spiro atoms. The second-order valence-corrected chi connectivity index (χ2v) is 31.1. The molecular formula is C83H58N4Si2. The highest BCUT2D eigenvalue weighted by Gasteiger charge is 2.50. The molecule has 18 rings (SSSR count). The van der Waals surface area contributed by atoms with Crippen molar-refractivity contribution in [3.63, 3.8) is 0 Å². The molecule has 0 amide bonds. The van der Waals surface area contributed by atoms with Gasteiger partial charge in [-0.1, -0.05) is 328 Å². The summed E-state index contributed by atoms with van der Waals surface area (Å²) in [5.74, 6) is 1.62. The summed E-state index contributed by atoms with van der Waals surface area (Å²) in [6.45, 7) is 0. The van der Waals surface area contributed by atoms with E-state index in [0.717, 1.165) is 32.9 Å². The zero-order valence-corrected chi connectivity index (χ0v) is 50.8. The van der Waals surface area contributed by atoms with Crippen LogP contribution in [0.4, 0.5) is 0 Å². The molecule has 2 atom stereocenters. The van der Waals surface area contributed by atoms with E-state index in [1.54, 1.807) is 0 Å². The Morgan fingerprint density at radius 1 is 0.247 bits per heavy atom. The number of para-hydroxylation sites is 2. The number of nitrogens with zero attached hydrogens (tertiary/aromatic N) is 4. The molecule has 89 heavy (non-hydrogen) atoms. The molecule has 0 N–H and O–H groups in total. The molecule has 3 aliphatic carbocycles. The molecule has 2 heterocycles. The summed E-state index contributed by atoms with van der Waals surface area (Å²) in [7, 11) is -6.32. The van der Waals surface area contributed by atoms with Gasteiger partial charge in [0.1, 0.15) is 0 Å². The SMILES string of the molecule is c1ccc(-c2ccc([Si](c3ccccc3)(c3ccccc3)c3cccc4c3C3c5ccccc5C4c4cccc(-c5nc(-c6ccccc6[Si](c6ccccc6)(c6ccccc6)c6ccccc6)nc(-n6c7ccccc7c7ccccc76)n5)c43)cc2)cc1. The maximum absolute atomic E-state index is 5.95. The van der Waals surface area contributed by atoms with Crippen LogP contribution in [0.15, 0.2) is 340 Å². The minimum atomic E-state index is -3.18. The van der Waals surface area contributed by atoms with Crippen molar-refractivity contribution in [2.45, 2.75) is 11.8 Å². The monoisotopic (exact) mass is 1170 g/mol. The summed E-state index contributed by atoms with van der Waals surface area (Å²) in [4.78, 5) is 17.6. The third-order valence-corrected chi connectivity index (χ3v) is 28.9. The molecule has 13 aromatic carbocycles. The Morgan fingerprint density at radius 2 is 0.607 bits per heavy atom. The molecular weight excluding hydrogens is 1110 g/mol. The lowest BCUT2D eigenvalue weighted by Gasteiger charge is -2.46. The predicted molar refractivity (Wildman–Crippen MR) is 372 cm³/mol. The first kappa shape index (κ1) is 52.4. The first-order valence-corrected chi connectivity index (χ1v) is 34.8. The lowest BCUT2D eigenvalue weighted by molar-refractivity contribution is 0.758. The van der Waals surface area contributed by atoms with Crippen molar-refractivity contribution in [2.24, 2.45) is 0 Å². The normalized spacial score (nSPS) is 14.1. The van der Waals surface area contributed by atoms with E-state index in [9.17, 15) is 0 Å². The molecule has 6 heteroatoms.